The van der Waals surface area contributed by atoms with Crippen LogP contribution in [0.5, 0.6) is 0 Å². The number of rotatable bonds is 4. The van der Waals surface area contributed by atoms with Crippen molar-refractivity contribution in [2.75, 3.05) is 45.0 Å². The fourth-order valence-electron chi connectivity index (χ4n) is 2.30. The van der Waals surface area contributed by atoms with Gasteiger partial charge in [0.2, 0.25) is 15.9 Å². The molecule has 2 rings (SSSR count). The van der Waals surface area contributed by atoms with Gasteiger partial charge in [0.05, 0.1) is 11.7 Å². The molecule has 2 saturated heterocycles. The van der Waals surface area contributed by atoms with Crippen LogP contribution in [0.3, 0.4) is 0 Å². The first-order chi connectivity index (χ1) is 8.54. The van der Waals surface area contributed by atoms with E-state index in [0.717, 1.165) is 13.1 Å². The van der Waals surface area contributed by atoms with Crippen molar-refractivity contribution < 1.29 is 13.2 Å². The van der Waals surface area contributed by atoms with E-state index in [9.17, 15) is 13.2 Å². The maximum Gasteiger partial charge on any atom is 0.228 e. The summed E-state index contributed by atoms with van der Waals surface area (Å²) in [6.07, 6.45) is 0.634. The predicted octanol–water partition coefficient (Wildman–Crippen LogP) is -0.910. The number of nitrogens with one attached hydrogen (secondary N) is 1. The smallest absolute Gasteiger partial charge is 0.228 e. The average Bonchev–Trinajstić information content (AvgIpc) is 2.27. The first-order valence-corrected chi connectivity index (χ1v) is 8.13. The molecule has 0 aliphatic carbocycles. The van der Waals surface area contributed by atoms with Crippen LogP contribution in [0.2, 0.25) is 0 Å². The number of amides is 1. The standard InChI is InChI=1S/C11H21N3O3S/c1-2-7-18(16,17)14-5-3-13(4-6-14)11(15)10-8-12-9-10/h10,12H,2-9H2,1H3. The van der Waals surface area contributed by atoms with E-state index < -0.39 is 10.0 Å². The Kier molecular flexibility index (Phi) is 4.24. The Bertz CT molecular complexity index is 398. The highest BCUT2D eigenvalue weighted by Crippen LogP contribution is 2.13. The van der Waals surface area contributed by atoms with E-state index in [1.54, 1.807) is 4.90 Å². The Morgan fingerprint density at radius 1 is 1.22 bits per heavy atom. The molecule has 18 heavy (non-hydrogen) atoms. The lowest BCUT2D eigenvalue weighted by Crippen LogP contribution is -2.57. The summed E-state index contributed by atoms with van der Waals surface area (Å²) in [4.78, 5) is 13.8. The van der Waals surface area contributed by atoms with Gasteiger partial charge in [0.1, 0.15) is 0 Å². The summed E-state index contributed by atoms with van der Waals surface area (Å²) >= 11 is 0. The van der Waals surface area contributed by atoms with Gasteiger partial charge in [0.25, 0.3) is 0 Å². The molecule has 0 aromatic rings. The molecule has 2 aliphatic heterocycles. The normalized spacial score (nSPS) is 22.8. The highest BCUT2D eigenvalue weighted by Gasteiger charge is 2.33. The summed E-state index contributed by atoms with van der Waals surface area (Å²) in [5.41, 5.74) is 0. The summed E-state index contributed by atoms with van der Waals surface area (Å²) in [5, 5.41) is 3.08. The largest absolute Gasteiger partial charge is 0.340 e. The van der Waals surface area contributed by atoms with Crippen LogP contribution >= 0.6 is 0 Å². The molecule has 7 heteroatoms. The molecule has 104 valence electrons. The number of nitrogens with zero attached hydrogens (tertiary/aromatic N) is 2. The molecule has 0 spiro atoms. The van der Waals surface area contributed by atoms with Gasteiger partial charge >= 0.3 is 0 Å². The Morgan fingerprint density at radius 2 is 1.83 bits per heavy atom. The van der Waals surface area contributed by atoms with Crippen molar-refractivity contribution in [3.63, 3.8) is 0 Å². The van der Waals surface area contributed by atoms with Crippen LogP contribution in [0.1, 0.15) is 13.3 Å². The summed E-state index contributed by atoms with van der Waals surface area (Å²) in [7, 11) is -3.11. The molecule has 6 nitrogen and oxygen atoms in total. The quantitative estimate of drug-likeness (QED) is 0.721. The molecule has 0 atom stereocenters. The van der Waals surface area contributed by atoms with E-state index in [1.807, 2.05) is 6.92 Å². The zero-order valence-electron chi connectivity index (χ0n) is 10.8. The first-order valence-electron chi connectivity index (χ1n) is 6.52. The van der Waals surface area contributed by atoms with Crippen molar-refractivity contribution in [2.24, 2.45) is 5.92 Å². The Hall–Kier alpha value is -0.660. The van der Waals surface area contributed by atoms with Crippen LogP contribution < -0.4 is 5.32 Å². The molecule has 2 heterocycles. The van der Waals surface area contributed by atoms with Gasteiger partial charge in [-0.25, -0.2) is 8.42 Å². The molecule has 1 amide bonds. The Balaban J connectivity index is 1.86. The zero-order valence-corrected chi connectivity index (χ0v) is 11.6. The van der Waals surface area contributed by atoms with Gasteiger partial charge in [-0.2, -0.15) is 4.31 Å². The lowest BCUT2D eigenvalue weighted by atomic mass is 10.0. The van der Waals surface area contributed by atoms with Gasteiger partial charge in [-0.3, -0.25) is 4.79 Å². The SMILES string of the molecule is CCCS(=O)(=O)N1CCN(C(=O)C2CNC2)CC1. The molecular weight excluding hydrogens is 254 g/mol. The van der Waals surface area contributed by atoms with E-state index in [2.05, 4.69) is 5.32 Å². The maximum absolute atomic E-state index is 12.0. The highest BCUT2D eigenvalue weighted by molar-refractivity contribution is 7.89. The van der Waals surface area contributed by atoms with Crippen molar-refractivity contribution in [3.8, 4) is 0 Å². The molecule has 1 N–H and O–H groups in total. The van der Waals surface area contributed by atoms with E-state index >= 15 is 0 Å². The topological polar surface area (TPSA) is 69.7 Å². The summed E-state index contributed by atoms with van der Waals surface area (Å²) in [6.45, 7) is 5.31. The van der Waals surface area contributed by atoms with Gasteiger partial charge in [-0.1, -0.05) is 6.92 Å². The monoisotopic (exact) mass is 275 g/mol. The minimum atomic E-state index is -3.11. The van der Waals surface area contributed by atoms with Gasteiger partial charge in [0, 0.05) is 39.3 Å². The number of carbonyl (C=O) groups is 1. The van der Waals surface area contributed by atoms with Crippen LogP contribution in [0, 0.1) is 5.92 Å². The van der Waals surface area contributed by atoms with Crippen molar-refractivity contribution in [1.82, 2.24) is 14.5 Å². The molecule has 0 bridgehead atoms. The average molecular weight is 275 g/mol. The number of sulfonamides is 1. The molecular formula is C11H21N3O3S. The first kappa shape index (κ1) is 13.8. The number of piperazine rings is 1. The van der Waals surface area contributed by atoms with Crippen LogP contribution in [0.25, 0.3) is 0 Å². The summed E-state index contributed by atoms with van der Waals surface area (Å²) in [5.74, 6) is 0.470. The van der Waals surface area contributed by atoms with Gasteiger partial charge in [0.15, 0.2) is 0 Å². The van der Waals surface area contributed by atoms with E-state index in [4.69, 9.17) is 0 Å². The van der Waals surface area contributed by atoms with Crippen molar-refractivity contribution in [1.29, 1.82) is 0 Å². The van der Waals surface area contributed by atoms with Gasteiger partial charge in [-0.05, 0) is 6.42 Å². The lowest BCUT2D eigenvalue weighted by molar-refractivity contribution is -0.138. The Labute approximate surface area is 108 Å². The fourth-order valence-corrected chi connectivity index (χ4v) is 3.79. The van der Waals surface area contributed by atoms with Gasteiger partial charge < -0.3 is 10.2 Å². The fraction of sp³-hybridized carbons (Fsp3) is 0.909. The van der Waals surface area contributed by atoms with Crippen LogP contribution in [0.15, 0.2) is 0 Å². The van der Waals surface area contributed by atoms with Crippen LogP contribution in [-0.4, -0.2) is 68.6 Å². The number of hydrogen-bond acceptors (Lipinski definition) is 4. The van der Waals surface area contributed by atoms with Crippen molar-refractivity contribution in [2.45, 2.75) is 13.3 Å². The minimum Gasteiger partial charge on any atom is -0.340 e. The van der Waals surface area contributed by atoms with Crippen LogP contribution in [-0.2, 0) is 14.8 Å². The lowest BCUT2D eigenvalue weighted by Gasteiger charge is -2.37. The third kappa shape index (κ3) is 2.84. The van der Waals surface area contributed by atoms with Gasteiger partial charge in [-0.15, -0.1) is 0 Å². The molecule has 0 aromatic heterocycles. The molecule has 0 radical (unpaired) electrons. The molecule has 0 aromatic carbocycles. The third-order valence-electron chi connectivity index (χ3n) is 3.54. The van der Waals surface area contributed by atoms with Crippen LogP contribution in [0.4, 0.5) is 0 Å². The minimum absolute atomic E-state index is 0.101. The second-order valence-corrected chi connectivity index (χ2v) is 6.98. The second kappa shape index (κ2) is 5.54. The maximum atomic E-state index is 12.0. The third-order valence-corrected chi connectivity index (χ3v) is 5.61. The van der Waals surface area contributed by atoms with Crippen molar-refractivity contribution in [3.05, 3.63) is 0 Å². The predicted molar refractivity (Wildman–Crippen MR) is 68.6 cm³/mol. The van der Waals surface area contributed by atoms with Crippen molar-refractivity contribution >= 4 is 15.9 Å². The Morgan fingerprint density at radius 3 is 2.28 bits per heavy atom. The molecule has 0 saturated carbocycles. The summed E-state index contributed by atoms with van der Waals surface area (Å²) < 4.78 is 25.3. The summed E-state index contributed by atoms with van der Waals surface area (Å²) in [6, 6.07) is 0. The van der Waals surface area contributed by atoms with E-state index in [1.165, 1.54) is 4.31 Å². The second-order valence-electron chi connectivity index (χ2n) is 4.90. The molecule has 2 fully saturated rings. The number of carbonyl (C=O) groups excluding carboxylic acids is 1. The zero-order chi connectivity index (χ0) is 13.2. The molecule has 0 unspecified atom stereocenters. The van der Waals surface area contributed by atoms with E-state index in [0.29, 0.717) is 32.6 Å². The molecule has 2 aliphatic rings. The highest BCUT2D eigenvalue weighted by atomic mass is 32.2. The number of hydrogen-bond donors (Lipinski definition) is 1. The van der Waals surface area contributed by atoms with E-state index in [-0.39, 0.29) is 17.6 Å².